The van der Waals surface area contributed by atoms with Crippen LogP contribution in [0.15, 0.2) is 28.8 Å². The first-order valence-corrected chi connectivity index (χ1v) is 5.84. The Morgan fingerprint density at radius 1 is 1.33 bits per heavy atom. The molecule has 0 aliphatic rings. The third-order valence-electron chi connectivity index (χ3n) is 2.61. The maximum Gasteiger partial charge on any atom is 0.227 e. The molecule has 0 spiro atoms. The fourth-order valence-corrected chi connectivity index (χ4v) is 1.58. The summed E-state index contributed by atoms with van der Waals surface area (Å²) < 4.78 is 5.12. The van der Waals surface area contributed by atoms with Gasteiger partial charge < -0.3 is 10.3 Å². The summed E-state index contributed by atoms with van der Waals surface area (Å²) in [7, 11) is 0. The Morgan fingerprint density at radius 3 is 2.67 bits per heavy atom. The highest BCUT2D eigenvalue weighted by atomic mass is 16.5. The van der Waals surface area contributed by atoms with Gasteiger partial charge in [-0.15, -0.1) is 0 Å². The molecule has 94 valence electrons. The van der Waals surface area contributed by atoms with Gasteiger partial charge >= 0.3 is 0 Å². The molecular weight excluding hydrogens is 230 g/mol. The first kappa shape index (κ1) is 12.4. The zero-order valence-electron chi connectivity index (χ0n) is 10.2. The molecule has 0 saturated carbocycles. The zero-order valence-corrected chi connectivity index (χ0v) is 10.2. The molecule has 2 N–H and O–H groups in total. The number of carbonyl (C=O) groups excluding carboxylic acids is 1. The lowest BCUT2D eigenvalue weighted by Gasteiger charge is -1.96. The maximum atomic E-state index is 11.2. The number of nitrogens with zero attached hydrogens (tertiary/aromatic N) is 2. The van der Waals surface area contributed by atoms with Crippen LogP contribution < -0.4 is 5.73 Å². The predicted octanol–water partition coefficient (Wildman–Crippen LogP) is 1.83. The molecule has 1 aromatic heterocycles. The van der Waals surface area contributed by atoms with Crippen molar-refractivity contribution in [1.82, 2.24) is 10.1 Å². The summed E-state index contributed by atoms with van der Waals surface area (Å²) in [5, 5.41) is 3.90. The third kappa shape index (κ3) is 2.81. The van der Waals surface area contributed by atoms with Gasteiger partial charge in [0.2, 0.25) is 11.7 Å². The second-order valence-electron chi connectivity index (χ2n) is 4.04. The molecule has 0 aliphatic carbocycles. The second kappa shape index (κ2) is 5.55. The van der Waals surface area contributed by atoms with Crippen LogP contribution in [0.3, 0.4) is 0 Å². The fraction of sp³-hybridized carbons (Fsp3) is 0.308. The Bertz CT molecular complexity index is 531. The smallest absolute Gasteiger partial charge is 0.227 e. The normalized spacial score (nSPS) is 10.6. The number of rotatable bonds is 5. The molecule has 1 heterocycles. The van der Waals surface area contributed by atoms with Crippen LogP contribution in [-0.4, -0.2) is 22.5 Å². The number of aryl methyl sites for hydroxylation is 1. The zero-order chi connectivity index (χ0) is 13.0. The highest BCUT2D eigenvalue weighted by molar-refractivity contribution is 5.94. The van der Waals surface area contributed by atoms with E-state index in [1.807, 2.05) is 12.1 Å². The van der Waals surface area contributed by atoms with Crippen LogP contribution in [0, 0.1) is 0 Å². The standard InChI is InChI=1S/C13H15N3O2/c1-9(17)10-4-6-11(7-5-10)13-15-12(18-16-13)3-2-8-14/h4-7H,2-3,8,14H2,1H3. The molecule has 2 aromatic rings. The van der Waals surface area contributed by atoms with E-state index in [-0.39, 0.29) is 5.78 Å². The van der Waals surface area contributed by atoms with Gasteiger partial charge in [0.05, 0.1) is 0 Å². The van der Waals surface area contributed by atoms with Crippen LogP contribution in [0.25, 0.3) is 11.4 Å². The molecule has 0 fully saturated rings. The molecule has 5 heteroatoms. The average Bonchev–Trinajstić information content (AvgIpc) is 2.85. The first-order chi connectivity index (χ1) is 8.70. The molecule has 0 bridgehead atoms. The van der Waals surface area contributed by atoms with E-state index < -0.39 is 0 Å². The van der Waals surface area contributed by atoms with E-state index in [0.29, 0.717) is 30.2 Å². The molecule has 2 rings (SSSR count). The van der Waals surface area contributed by atoms with Crippen molar-refractivity contribution in [2.24, 2.45) is 5.73 Å². The van der Waals surface area contributed by atoms with E-state index in [4.69, 9.17) is 10.3 Å². The highest BCUT2D eigenvalue weighted by Gasteiger charge is 2.08. The van der Waals surface area contributed by atoms with Gasteiger partial charge in [-0.25, -0.2) is 0 Å². The van der Waals surface area contributed by atoms with Crippen molar-refractivity contribution in [3.63, 3.8) is 0 Å². The van der Waals surface area contributed by atoms with Crippen molar-refractivity contribution in [3.05, 3.63) is 35.7 Å². The molecule has 0 radical (unpaired) electrons. The van der Waals surface area contributed by atoms with E-state index >= 15 is 0 Å². The lowest BCUT2D eigenvalue weighted by molar-refractivity contribution is 0.101. The van der Waals surface area contributed by atoms with Gasteiger partial charge in [0.15, 0.2) is 5.78 Å². The van der Waals surface area contributed by atoms with Gasteiger partial charge in [0, 0.05) is 17.5 Å². The molecule has 1 aromatic carbocycles. The quantitative estimate of drug-likeness (QED) is 0.812. The molecule has 0 atom stereocenters. The number of carbonyl (C=O) groups is 1. The third-order valence-corrected chi connectivity index (χ3v) is 2.61. The summed E-state index contributed by atoms with van der Waals surface area (Å²) in [6.45, 7) is 2.14. The van der Waals surface area contributed by atoms with E-state index in [1.54, 1.807) is 12.1 Å². The first-order valence-electron chi connectivity index (χ1n) is 5.84. The Balaban J connectivity index is 2.15. The summed E-state index contributed by atoms with van der Waals surface area (Å²) in [6, 6.07) is 7.14. The van der Waals surface area contributed by atoms with Crippen LogP contribution in [0.2, 0.25) is 0 Å². The number of nitrogens with two attached hydrogens (primary N) is 1. The van der Waals surface area contributed by atoms with Crippen LogP contribution in [-0.2, 0) is 6.42 Å². The number of aromatic nitrogens is 2. The monoisotopic (exact) mass is 245 g/mol. The van der Waals surface area contributed by atoms with Crippen molar-refractivity contribution >= 4 is 5.78 Å². The minimum atomic E-state index is 0.0401. The van der Waals surface area contributed by atoms with E-state index in [0.717, 1.165) is 12.0 Å². The maximum absolute atomic E-state index is 11.2. The predicted molar refractivity (Wildman–Crippen MR) is 67.1 cm³/mol. The second-order valence-corrected chi connectivity index (χ2v) is 4.04. The largest absolute Gasteiger partial charge is 0.339 e. The van der Waals surface area contributed by atoms with E-state index in [2.05, 4.69) is 10.1 Å². The minimum Gasteiger partial charge on any atom is -0.339 e. The van der Waals surface area contributed by atoms with Gasteiger partial charge in [0.1, 0.15) is 0 Å². The highest BCUT2D eigenvalue weighted by Crippen LogP contribution is 2.17. The molecule has 0 aliphatic heterocycles. The average molecular weight is 245 g/mol. The Hall–Kier alpha value is -2.01. The van der Waals surface area contributed by atoms with Crippen LogP contribution in [0.5, 0.6) is 0 Å². The van der Waals surface area contributed by atoms with Crippen molar-refractivity contribution < 1.29 is 9.32 Å². The topological polar surface area (TPSA) is 82.0 Å². The van der Waals surface area contributed by atoms with Crippen molar-refractivity contribution in [2.75, 3.05) is 6.54 Å². The van der Waals surface area contributed by atoms with Crippen molar-refractivity contribution in [3.8, 4) is 11.4 Å². The number of hydrogen-bond acceptors (Lipinski definition) is 5. The molecule has 0 amide bonds. The lowest BCUT2D eigenvalue weighted by Crippen LogP contribution is -2.00. The summed E-state index contributed by atoms with van der Waals surface area (Å²) in [5.41, 5.74) is 6.93. The van der Waals surface area contributed by atoms with Crippen molar-refractivity contribution in [2.45, 2.75) is 19.8 Å². The van der Waals surface area contributed by atoms with Crippen LogP contribution in [0.4, 0.5) is 0 Å². The fourth-order valence-electron chi connectivity index (χ4n) is 1.58. The van der Waals surface area contributed by atoms with Crippen LogP contribution in [0.1, 0.15) is 29.6 Å². The lowest BCUT2D eigenvalue weighted by atomic mass is 10.1. The van der Waals surface area contributed by atoms with Gasteiger partial charge in [0.25, 0.3) is 0 Å². The minimum absolute atomic E-state index is 0.0401. The number of Topliss-reactive ketones (excluding diaryl/α,β-unsaturated/α-hetero) is 1. The Morgan fingerprint density at radius 2 is 2.06 bits per heavy atom. The van der Waals surface area contributed by atoms with Gasteiger partial charge in [-0.3, -0.25) is 4.79 Å². The van der Waals surface area contributed by atoms with E-state index in [1.165, 1.54) is 6.92 Å². The molecule has 5 nitrogen and oxygen atoms in total. The van der Waals surface area contributed by atoms with Crippen LogP contribution >= 0.6 is 0 Å². The SMILES string of the molecule is CC(=O)c1ccc(-c2noc(CCCN)n2)cc1. The van der Waals surface area contributed by atoms with Gasteiger partial charge in [-0.1, -0.05) is 29.4 Å². The molecule has 18 heavy (non-hydrogen) atoms. The number of benzene rings is 1. The Kier molecular flexibility index (Phi) is 3.84. The van der Waals surface area contributed by atoms with E-state index in [9.17, 15) is 4.79 Å². The summed E-state index contributed by atoms with van der Waals surface area (Å²) in [5.74, 6) is 1.17. The summed E-state index contributed by atoms with van der Waals surface area (Å²) in [6.07, 6.45) is 1.51. The van der Waals surface area contributed by atoms with Crippen molar-refractivity contribution in [1.29, 1.82) is 0 Å². The van der Waals surface area contributed by atoms with Gasteiger partial charge in [-0.2, -0.15) is 4.98 Å². The molecule has 0 unspecified atom stereocenters. The molecule has 0 saturated heterocycles. The molecular formula is C13H15N3O2. The van der Waals surface area contributed by atoms with Gasteiger partial charge in [-0.05, 0) is 19.9 Å². The summed E-state index contributed by atoms with van der Waals surface area (Å²) >= 11 is 0. The number of ketones is 1. The Labute approximate surface area is 105 Å². The number of hydrogen-bond donors (Lipinski definition) is 1. The summed E-state index contributed by atoms with van der Waals surface area (Å²) in [4.78, 5) is 15.4.